The summed E-state index contributed by atoms with van der Waals surface area (Å²) in [7, 11) is 1.61. The maximum atomic E-state index is 13.5. The Balaban J connectivity index is 1.60. The summed E-state index contributed by atoms with van der Waals surface area (Å²) in [6.45, 7) is 6.28. The lowest BCUT2D eigenvalue weighted by Gasteiger charge is -2.38. The van der Waals surface area contributed by atoms with Crippen LogP contribution in [0.15, 0.2) is 69.8 Å². The molecular formula is C28H29N3O3S. The van der Waals surface area contributed by atoms with Crippen molar-refractivity contribution in [1.29, 1.82) is 0 Å². The van der Waals surface area contributed by atoms with Crippen LogP contribution in [0.3, 0.4) is 0 Å². The van der Waals surface area contributed by atoms with Gasteiger partial charge in [0.25, 0.3) is 5.56 Å². The largest absolute Gasteiger partial charge is 0.497 e. The summed E-state index contributed by atoms with van der Waals surface area (Å²) < 4.78 is 5.44. The van der Waals surface area contributed by atoms with E-state index in [-0.39, 0.29) is 16.8 Å². The van der Waals surface area contributed by atoms with Crippen LogP contribution in [0.5, 0.6) is 5.75 Å². The number of nitrogens with one attached hydrogen (secondary N) is 2. The fraction of sp³-hybridized carbons (Fsp3) is 0.321. The van der Waals surface area contributed by atoms with E-state index >= 15 is 0 Å². The number of benzene rings is 2. The Morgan fingerprint density at radius 2 is 1.91 bits per heavy atom. The Morgan fingerprint density at radius 1 is 1.11 bits per heavy atom. The monoisotopic (exact) mass is 487 g/mol. The summed E-state index contributed by atoms with van der Waals surface area (Å²) in [4.78, 5) is 34.7. The zero-order valence-corrected chi connectivity index (χ0v) is 21.2. The second-order valence-corrected chi connectivity index (χ2v) is 11.0. The summed E-state index contributed by atoms with van der Waals surface area (Å²) in [5, 5.41) is 3.94. The summed E-state index contributed by atoms with van der Waals surface area (Å²) in [5.74, 6) is 1.49. The molecule has 0 radical (unpaired) electrons. The van der Waals surface area contributed by atoms with E-state index in [0.717, 1.165) is 11.3 Å². The van der Waals surface area contributed by atoms with Crippen molar-refractivity contribution in [3.05, 3.63) is 92.4 Å². The first kappa shape index (κ1) is 23.4. The smallest absolute Gasteiger partial charge is 0.257 e. The second-order valence-electron chi connectivity index (χ2n) is 10.0. The number of carbonyl (C=O) groups is 1. The van der Waals surface area contributed by atoms with E-state index in [4.69, 9.17) is 9.72 Å². The first-order valence-electron chi connectivity index (χ1n) is 11.7. The van der Waals surface area contributed by atoms with E-state index in [2.05, 4.69) is 43.2 Å². The predicted molar refractivity (Wildman–Crippen MR) is 139 cm³/mol. The van der Waals surface area contributed by atoms with Crippen molar-refractivity contribution in [2.75, 3.05) is 12.4 Å². The highest BCUT2D eigenvalue weighted by Gasteiger charge is 2.42. The molecule has 1 aromatic heterocycles. The number of hydrogen-bond donors (Lipinski definition) is 2. The lowest BCUT2D eigenvalue weighted by Crippen LogP contribution is -2.37. The van der Waals surface area contributed by atoms with E-state index in [0.29, 0.717) is 46.5 Å². The summed E-state index contributed by atoms with van der Waals surface area (Å²) in [6, 6.07) is 15.8. The number of nitrogens with zero attached hydrogens (tertiary/aromatic N) is 1. The van der Waals surface area contributed by atoms with Crippen molar-refractivity contribution in [2.24, 2.45) is 5.41 Å². The minimum atomic E-state index is -0.494. The van der Waals surface area contributed by atoms with Crippen molar-refractivity contribution in [3.63, 3.8) is 0 Å². The Bertz CT molecular complexity index is 1410. The Kier molecular flexibility index (Phi) is 6.05. The fourth-order valence-corrected chi connectivity index (χ4v) is 5.97. The molecule has 0 saturated heterocycles. The molecule has 1 aliphatic heterocycles. The number of aryl methyl sites for hydroxylation is 1. The van der Waals surface area contributed by atoms with Gasteiger partial charge >= 0.3 is 0 Å². The normalized spacial score (nSPS) is 18.5. The third kappa shape index (κ3) is 4.52. The van der Waals surface area contributed by atoms with E-state index in [9.17, 15) is 9.59 Å². The first-order chi connectivity index (χ1) is 16.8. The number of carbonyl (C=O) groups excluding carboxylic acids is 1. The third-order valence-corrected chi connectivity index (χ3v) is 7.68. The molecule has 0 unspecified atom stereocenters. The minimum Gasteiger partial charge on any atom is -0.497 e. The Morgan fingerprint density at radius 3 is 2.69 bits per heavy atom. The van der Waals surface area contributed by atoms with Gasteiger partial charge in [-0.15, -0.1) is 0 Å². The highest BCUT2D eigenvalue weighted by molar-refractivity contribution is 7.98. The van der Waals surface area contributed by atoms with Crippen LogP contribution in [0.4, 0.5) is 5.82 Å². The predicted octanol–water partition coefficient (Wildman–Crippen LogP) is 5.58. The summed E-state index contributed by atoms with van der Waals surface area (Å²) >= 11 is 1.50. The molecule has 2 heterocycles. The molecule has 0 fully saturated rings. The number of thioether (sulfide) groups is 1. The zero-order chi connectivity index (χ0) is 24.7. The van der Waals surface area contributed by atoms with Crippen LogP contribution in [0, 0.1) is 12.3 Å². The molecule has 0 saturated carbocycles. The zero-order valence-electron chi connectivity index (χ0n) is 20.4. The van der Waals surface area contributed by atoms with Crippen molar-refractivity contribution in [3.8, 4) is 5.75 Å². The molecule has 0 bridgehead atoms. The van der Waals surface area contributed by atoms with Crippen LogP contribution in [0.2, 0.25) is 0 Å². The minimum absolute atomic E-state index is 0.0691. The number of Topliss-reactive ketones (excluding diaryl/α,β-unsaturated/α-hetero) is 1. The van der Waals surface area contributed by atoms with Gasteiger partial charge in [0, 0.05) is 29.4 Å². The second kappa shape index (κ2) is 9.04. The summed E-state index contributed by atoms with van der Waals surface area (Å²) in [6.07, 6.45) is 1.16. The number of anilines is 1. The van der Waals surface area contributed by atoms with Crippen molar-refractivity contribution in [1.82, 2.24) is 9.97 Å². The lowest BCUT2D eigenvalue weighted by atomic mass is 9.69. The number of aromatic amines is 1. The lowest BCUT2D eigenvalue weighted by molar-refractivity contribution is -0.118. The molecule has 6 nitrogen and oxygen atoms in total. The number of hydrogen-bond acceptors (Lipinski definition) is 6. The number of H-pyrrole nitrogens is 1. The number of rotatable bonds is 5. The van der Waals surface area contributed by atoms with E-state index in [1.165, 1.54) is 22.9 Å². The van der Waals surface area contributed by atoms with Gasteiger partial charge in [-0.2, -0.15) is 0 Å². The van der Waals surface area contributed by atoms with Gasteiger partial charge in [0.05, 0.1) is 12.7 Å². The number of fused-ring (bicyclic) bond motifs is 1. The molecule has 0 amide bonds. The summed E-state index contributed by atoms with van der Waals surface area (Å²) in [5.41, 5.74) is 4.86. The van der Waals surface area contributed by atoms with E-state index in [1.54, 1.807) is 7.11 Å². The fourth-order valence-electron chi connectivity index (χ4n) is 5.03. The first-order valence-corrected chi connectivity index (χ1v) is 12.7. The number of ether oxygens (including phenoxy) is 1. The van der Waals surface area contributed by atoms with Gasteiger partial charge in [-0.05, 0) is 47.6 Å². The van der Waals surface area contributed by atoms with Crippen LogP contribution in [0.1, 0.15) is 54.9 Å². The molecular weight excluding hydrogens is 458 g/mol. The standard InChI is InChI=1S/C28H29N3O3S/c1-16-8-5-6-9-18(16)15-35-27-30-25-24(26(33)31-27)22(17-10-7-11-19(12-17)34-4)23-20(29-25)13-28(2,3)14-21(23)32/h5-12,22H,13-15H2,1-4H3,(H2,29,30,31,33)/t22-/m1/s1. The van der Waals surface area contributed by atoms with Crippen LogP contribution in [-0.2, 0) is 10.5 Å². The van der Waals surface area contributed by atoms with Gasteiger partial charge in [0.2, 0.25) is 0 Å². The quantitative estimate of drug-likeness (QED) is 0.361. The molecule has 1 atom stereocenters. The van der Waals surface area contributed by atoms with Crippen molar-refractivity contribution < 1.29 is 9.53 Å². The molecule has 2 aliphatic rings. The van der Waals surface area contributed by atoms with Gasteiger partial charge in [-0.25, -0.2) is 4.98 Å². The number of ketones is 1. The van der Waals surface area contributed by atoms with Gasteiger partial charge in [0.15, 0.2) is 10.9 Å². The average molecular weight is 488 g/mol. The number of allylic oxidation sites excluding steroid dienone is 2. The number of methoxy groups -OCH3 is 1. The van der Waals surface area contributed by atoms with E-state index in [1.807, 2.05) is 36.4 Å². The third-order valence-electron chi connectivity index (χ3n) is 6.75. The molecule has 3 aromatic rings. The molecule has 180 valence electrons. The molecule has 0 spiro atoms. The highest BCUT2D eigenvalue weighted by atomic mass is 32.2. The molecule has 2 N–H and O–H groups in total. The van der Waals surface area contributed by atoms with Gasteiger partial charge < -0.3 is 15.0 Å². The Hall–Kier alpha value is -3.32. The molecule has 5 rings (SSSR count). The SMILES string of the molecule is COc1cccc([C@@H]2C3=C(CC(C)(C)CC3=O)Nc3nc(SCc4ccccc4C)[nH]c(=O)c32)c1. The van der Waals surface area contributed by atoms with Crippen LogP contribution >= 0.6 is 11.8 Å². The van der Waals surface area contributed by atoms with E-state index < -0.39 is 5.92 Å². The maximum Gasteiger partial charge on any atom is 0.257 e. The van der Waals surface area contributed by atoms with Gasteiger partial charge in [-0.1, -0.05) is 62.0 Å². The Labute approximate surface area is 209 Å². The van der Waals surface area contributed by atoms with Crippen molar-refractivity contribution >= 4 is 23.4 Å². The van der Waals surface area contributed by atoms with Crippen LogP contribution in [-0.4, -0.2) is 22.9 Å². The van der Waals surface area contributed by atoms with Crippen molar-refractivity contribution in [2.45, 2.75) is 50.4 Å². The molecule has 7 heteroatoms. The van der Waals surface area contributed by atoms with Gasteiger partial charge in [0.1, 0.15) is 11.6 Å². The van der Waals surface area contributed by atoms with Crippen LogP contribution < -0.4 is 15.6 Å². The molecule has 35 heavy (non-hydrogen) atoms. The van der Waals surface area contributed by atoms with Gasteiger partial charge in [-0.3, -0.25) is 9.59 Å². The number of aromatic nitrogens is 2. The highest BCUT2D eigenvalue weighted by Crippen LogP contribution is 2.48. The maximum absolute atomic E-state index is 13.5. The molecule has 2 aromatic carbocycles. The molecule has 1 aliphatic carbocycles. The topological polar surface area (TPSA) is 84.1 Å². The average Bonchev–Trinajstić information content (AvgIpc) is 2.81. The van der Waals surface area contributed by atoms with Crippen LogP contribution in [0.25, 0.3) is 0 Å².